The topological polar surface area (TPSA) is 66.5 Å². The van der Waals surface area contributed by atoms with E-state index in [0.29, 0.717) is 17.5 Å². The summed E-state index contributed by atoms with van der Waals surface area (Å²) in [4.78, 5) is 40.7. The molecule has 0 aromatic heterocycles. The molecule has 1 aliphatic heterocycles. The Bertz CT molecular complexity index is 1170. The van der Waals surface area contributed by atoms with E-state index >= 15 is 0 Å². The van der Waals surface area contributed by atoms with Crippen molar-refractivity contribution < 1.29 is 14.4 Å². The fraction of sp³-hybridized carbons (Fsp3) is 0.250. The molecule has 3 aromatic carbocycles. The maximum Gasteiger partial charge on any atom is 0.325 e. The summed E-state index contributed by atoms with van der Waals surface area (Å²) < 4.78 is 0. The van der Waals surface area contributed by atoms with Crippen molar-refractivity contribution in [3.63, 3.8) is 0 Å². The molecule has 0 bridgehead atoms. The van der Waals surface area contributed by atoms with Crippen LogP contribution in [0.3, 0.4) is 0 Å². The number of hydrogen-bond donors (Lipinski definition) is 1. The fourth-order valence-electron chi connectivity index (χ4n) is 4.20. The number of rotatable bonds is 6. The number of carbonyl (C=O) groups is 3. The number of Topliss-reactive ketones (excluding diaryl/α,β-unsaturated/α-hetero) is 1. The van der Waals surface area contributed by atoms with Gasteiger partial charge in [-0.05, 0) is 22.1 Å². The van der Waals surface area contributed by atoms with Gasteiger partial charge >= 0.3 is 6.03 Å². The number of benzene rings is 3. The summed E-state index contributed by atoms with van der Waals surface area (Å²) in [7, 11) is 0. The summed E-state index contributed by atoms with van der Waals surface area (Å²) in [5, 5.41) is 2.90. The summed E-state index contributed by atoms with van der Waals surface area (Å²) >= 11 is 0. The van der Waals surface area contributed by atoms with Crippen LogP contribution in [0.25, 0.3) is 0 Å². The molecule has 3 amide bonds. The van der Waals surface area contributed by atoms with Crippen LogP contribution in [0, 0.1) is 0 Å². The number of amides is 3. The van der Waals surface area contributed by atoms with Crippen molar-refractivity contribution in [2.45, 2.75) is 38.1 Å². The Morgan fingerprint density at radius 1 is 0.848 bits per heavy atom. The Morgan fingerprint density at radius 2 is 1.42 bits per heavy atom. The van der Waals surface area contributed by atoms with E-state index in [-0.39, 0.29) is 17.7 Å². The van der Waals surface area contributed by atoms with Gasteiger partial charge in [-0.2, -0.15) is 0 Å². The van der Waals surface area contributed by atoms with Gasteiger partial charge in [0.05, 0.1) is 6.54 Å². The molecule has 1 atom stereocenters. The predicted molar refractivity (Wildman–Crippen MR) is 128 cm³/mol. The summed E-state index contributed by atoms with van der Waals surface area (Å²) in [6.45, 7) is 6.01. The molecule has 0 aliphatic carbocycles. The first-order valence-electron chi connectivity index (χ1n) is 11.1. The number of ketones is 1. The minimum Gasteiger partial charge on any atom is -0.319 e. The third-order valence-corrected chi connectivity index (χ3v) is 6.13. The van der Waals surface area contributed by atoms with E-state index in [0.717, 1.165) is 16.0 Å². The first kappa shape index (κ1) is 22.5. The monoisotopic (exact) mass is 440 g/mol. The lowest BCUT2D eigenvalue weighted by Gasteiger charge is -2.27. The van der Waals surface area contributed by atoms with Gasteiger partial charge in [0.15, 0.2) is 11.3 Å². The average molecular weight is 441 g/mol. The number of urea groups is 1. The van der Waals surface area contributed by atoms with E-state index in [4.69, 9.17) is 0 Å². The minimum atomic E-state index is -1.25. The molecule has 5 nitrogen and oxygen atoms in total. The molecule has 0 radical (unpaired) electrons. The van der Waals surface area contributed by atoms with Crippen molar-refractivity contribution in [1.82, 2.24) is 10.2 Å². The highest BCUT2D eigenvalue weighted by atomic mass is 16.2. The van der Waals surface area contributed by atoms with Crippen LogP contribution in [0.2, 0.25) is 0 Å². The molecule has 4 rings (SSSR count). The lowest BCUT2D eigenvalue weighted by atomic mass is 9.83. The van der Waals surface area contributed by atoms with Crippen LogP contribution in [0.1, 0.15) is 47.8 Å². The third-order valence-electron chi connectivity index (χ3n) is 6.13. The molecule has 168 valence electrons. The van der Waals surface area contributed by atoms with Crippen molar-refractivity contribution in [1.29, 1.82) is 0 Å². The van der Waals surface area contributed by atoms with Crippen molar-refractivity contribution in [2.75, 3.05) is 6.54 Å². The predicted octanol–water partition coefficient (Wildman–Crippen LogP) is 4.86. The van der Waals surface area contributed by atoms with E-state index in [1.165, 1.54) is 0 Å². The van der Waals surface area contributed by atoms with Gasteiger partial charge in [-0.1, -0.05) is 106 Å². The number of nitrogens with one attached hydrogen (secondary N) is 1. The van der Waals surface area contributed by atoms with E-state index in [1.807, 2.05) is 72.8 Å². The molecular formula is C28H28N2O3. The Hall–Kier alpha value is -3.73. The number of nitrogens with zero attached hydrogens (tertiary/aromatic N) is 1. The van der Waals surface area contributed by atoms with Gasteiger partial charge in [0, 0.05) is 12.0 Å². The standard InChI is InChI=1S/C28H28N2O3/c1-27(2,3)22-16-14-21(15-17-22)24(31)19-30-25(32)28(29-26(30)33,23-12-8-5-9-13-23)18-20-10-6-4-7-11-20/h4-17H,18-19H2,1-3H3,(H,29,33). The van der Waals surface area contributed by atoms with Crippen LogP contribution >= 0.6 is 0 Å². The highest BCUT2D eigenvalue weighted by Gasteiger charge is 2.52. The van der Waals surface area contributed by atoms with E-state index in [2.05, 4.69) is 26.1 Å². The molecule has 1 saturated heterocycles. The smallest absolute Gasteiger partial charge is 0.319 e. The molecule has 0 spiro atoms. The SMILES string of the molecule is CC(C)(C)c1ccc(C(=O)CN2C(=O)NC(Cc3ccccc3)(c3ccccc3)C2=O)cc1. The maximum atomic E-state index is 13.7. The molecule has 33 heavy (non-hydrogen) atoms. The molecule has 1 fully saturated rings. The van der Waals surface area contributed by atoms with Crippen LogP contribution < -0.4 is 5.32 Å². The van der Waals surface area contributed by atoms with Gasteiger partial charge in [-0.15, -0.1) is 0 Å². The molecule has 5 heteroatoms. The van der Waals surface area contributed by atoms with Crippen LogP contribution in [0.4, 0.5) is 4.79 Å². The molecular weight excluding hydrogens is 412 g/mol. The molecule has 1 aliphatic rings. The lowest BCUT2D eigenvalue weighted by molar-refractivity contribution is -0.131. The summed E-state index contributed by atoms with van der Waals surface area (Å²) in [6, 6.07) is 25.6. The van der Waals surface area contributed by atoms with Crippen molar-refractivity contribution in [3.05, 3.63) is 107 Å². The second-order valence-electron chi connectivity index (χ2n) is 9.51. The van der Waals surface area contributed by atoms with Gasteiger partial charge in [0.1, 0.15) is 0 Å². The van der Waals surface area contributed by atoms with Crippen LogP contribution in [-0.4, -0.2) is 29.2 Å². The minimum absolute atomic E-state index is 0.0287. The Kier molecular flexibility index (Phi) is 5.90. The zero-order chi connectivity index (χ0) is 23.6. The summed E-state index contributed by atoms with van der Waals surface area (Å²) in [5.41, 5.74) is 1.91. The fourth-order valence-corrected chi connectivity index (χ4v) is 4.20. The number of imide groups is 1. The Labute approximate surface area is 194 Å². The van der Waals surface area contributed by atoms with Crippen molar-refractivity contribution >= 4 is 17.7 Å². The van der Waals surface area contributed by atoms with Crippen LogP contribution in [-0.2, 0) is 22.2 Å². The van der Waals surface area contributed by atoms with Crippen LogP contribution in [0.5, 0.6) is 0 Å². The second kappa shape index (κ2) is 8.66. The summed E-state index contributed by atoms with van der Waals surface area (Å²) in [6.07, 6.45) is 0.299. The summed E-state index contributed by atoms with van der Waals surface area (Å²) in [5.74, 6) is -0.690. The highest BCUT2D eigenvalue weighted by molar-refractivity contribution is 6.11. The van der Waals surface area contributed by atoms with Gasteiger partial charge in [0.25, 0.3) is 5.91 Å². The first-order valence-corrected chi connectivity index (χ1v) is 11.1. The average Bonchev–Trinajstić information content (AvgIpc) is 3.04. The Balaban J connectivity index is 1.62. The largest absolute Gasteiger partial charge is 0.325 e. The van der Waals surface area contributed by atoms with E-state index in [9.17, 15) is 14.4 Å². The number of hydrogen-bond acceptors (Lipinski definition) is 3. The van der Waals surface area contributed by atoms with E-state index in [1.54, 1.807) is 12.1 Å². The van der Waals surface area contributed by atoms with Crippen molar-refractivity contribution in [2.24, 2.45) is 0 Å². The molecule has 1 N–H and O–H groups in total. The zero-order valence-corrected chi connectivity index (χ0v) is 19.2. The first-order chi connectivity index (χ1) is 15.7. The third kappa shape index (κ3) is 4.44. The number of carbonyl (C=O) groups excluding carboxylic acids is 3. The molecule has 0 saturated carbocycles. The molecule has 3 aromatic rings. The van der Waals surface area contributed by atoms with Gasteiger partial charge in [0.2, 0.25) is 0 Å². The Morgan fingerprint density at radius 3 is 2.00 bits per heavy atom. The zero-order valence-electron chi connectivity index (χ0n) is 19.2. The molecule has 1 heterocycles. The van der Waals surface area contributed by atoms with Crippen molar-refractivity contribution in [3.8, 4) is 0 Å². The molecule has 1 unspecified atom stereocenters. The van der Waals surface area contributed by atoms with E-state index < -0.39 is 17.5 Å². The van der Waals surface area contributed by atoms with Gasteiger partial charge in [-0.25, -0.2) is 4.79 Å². The lowest BCUT2D eigenvalue weighted by Crippen LogP contribution is -2.46. The maximum absolute atomic E-state index is 13.7. The second-order valence-corrected chi connectivity index (χ2v) is 9.51. The quantitative estimate of drug-likeness (QED) is 0.440. The van der Waals surface area contributed by atoms with Crippen LogP contribution in [0.15, 0.2) is 84.9 Å². The highest BCUT2D eigenvalue weighted by Crippen LogP contribution is 2.33. The van der Waals surface area contributed by atoms with Gasteiger partial charge < -0.3 is 5.32 Å². The normalized spacial score (nSPS) is 18.3. The van der Waals surface area contributed by atoms with Gasteiger partial charge in [-0.3, -0.25) is 14.5 Å².